The molecule has 0 aliphatic rings. The molecule has 0 bridgehead atoms. The Morgan fingerprint density at radius 1 is 1.15 bits per heavy atom. The van der Waals surface area contributed by atoms with Crippen molar-refractivity contribution in [1.29, 1.82) is 0 Å². The van der Waals surface area contributed by atoms with Crippen molar-refractivity contribution >= 4 is 54.4 Å². The van der Waals surface area contributed by atoms with E-state index in [9.17, 15) is 8.42 Å². The Morgan fingerprint density at radius 2 is 1.96 bits per heavy atom. The summed E-state index contributed by atoms with van der Waals surface area (Å²) >= 11 is 3.30. The van der Waals surface area contributed by atoms with Crippen LogP contribution in [0.5, 0.6) is 0 Å². The lowest BCUT2D eigenvalue weighted by Crippen LogP contribution is -2.11. The van der Waals surface area contributed by atoms with Gasteiger partial charge < -0.3 is 4.57 Å². The van der Waals surface area contributed by atoms with Gasteiger partial charge in [-0.3, -0.25) is 0 Å². The first kappa shape index (κ1) is 18.4. The zero-order valence-corrected chi connectivity index (χ0v) is 17.1. The normalized spacial score (nSPS) is 12.2. The van der Waals surface area contributed by atoms with Crippen LogP contribution in [0.2, 0.25) is 0 Å². The molecule has 0 aliphatic heterocycles. The summed E-state index contributed by atoms with van der Waals surface area (Å²) < 4.78 is 26.5. The van der Waals surface area contributed by atoms with Crippen LogP contribution in [0.4, 0.5) is 0 Å². The van der Waals surface area contributed by atoms with Crippen LogP contribution < -0.4 is 5.14 Å². The Balaban J connectivity index is 1.67. The largest absolute Gasteiger partial charge is 0.319 e. The third kappa shape index (κ3) is 3.73. The Labute approximate surface area is 165 Å². The second kappa shape index (κ2) is 7.23. The van der Waals surface area contributed by atoms with Crippen LogP contribution in [0.3, 0.4) is 0 Å². The summed E-state index contributed by atoms with van der Waals surface area (Å²) in [6.07, 6.45) is 0.955. The Hall–Kier alpha value is -1.94. The van der Waals surface area contributed by atoms with Crippen LogP contribution >= 0.6 is 23.1 Å². The molecule has 0 saturated heterocycles. The van der Waals surface area contributed by atoms with Crippen LogP contribution in [-0.4, -0.2) is 23.0 Å². The number of fused-ring (bicyclic) bond motifs is 2. The highest BCUT2D eigenvalue weighted by atomic mass is 32.2. The van der Waals surface area contributed by atoms with Gasteiger partial charge in [-0.1, -0.05) is 30.8 Å². The van der Waals surface area contributed by atoms with Gasteiger partial charge in [0.25, 0.3) is 0 Å². The molecule has 6 nitrogen and oxygen atoms in total. The van der Waals surface area contributed by atoms with Gasteiger partial charge in [0.15, 0.2) is 5.16 Å². The van der Waals surface area contributed by atoms with E-state index in [0.29, 0.717) is 11.3 Å². The predicted molar refractivity (Wildman–Crippen MR) is 111 cm³/mol. The van der Waals surface area contributed by atoms with Crippen molar-refractivity contribution in [2.75, 3.05) is 0 Å². The number of thiazole rings is 1. The maximum Gasteiger partial charge on any atom is 0.238 e. The molecule has 4 aromatic rings. The van der Waals surface area contributed by atoms with Gasteiger partial charge in [-0.05, 0) is 36.8 Å². The molecule has 2 heterocycles. The minimum Gasteiger partial charge on any atom is -0.319 e. The van der Waals surface area contributed by atoms with Gasteiger partial charge >= 0.3 is 0 Å². The fraction of sp³-hybridized carbons (Fsp3) is 0.222. The van der Waals surface area contributed by atoms with E-state index < -0.39 is 10.0 Å². The molecule has 2 aromatic heterocycles. The number of hydrogen-bond donors (Lipinski definition) is 1. The van der Waals surface area contributed by atoms with Gasteiger partial charge in [-0.15, -0.1) is 11.3 Å². The number of hydrogen-bond acceptors (Lipinski definition) is 6. The summed E-state index contributed by atoms with van der Waals surface area (Å²) in [7, 11) is -3.74. The highest BCUT2D eigenvalue weighted by Gasteiger charge is 2.15. The summed E-state index contributed by atoms with van der Waals surface area (Å²) in [5, 5.41) is 7.15. The highest BCUT2D eigenvalue weighted by molar-refractivity contribution is 7.98. The SMILES string of the molecule is CCCn1c(SCc2nc3ccccc3s2)nc2cc(S(N)(=O)=O)ccc21. The molecular formula is C18H18N4O2S3. The first-order valence-electron chi connectivity index (χ1n) is 8.46. The number of thioether (sulfide) groups is 1. The first-order chi connectivity index (χ1) is 13.0. The molecule has 0 fully saturated rings. The number of primary sulfonamides is 1. The van der Waals surface area contributed by atoms with Crippen molar-refractivity contribution in [2.24, 2.45) is 5.14 Å². The molecule has 0 amide bonds. The second-order valence-electron chi connectivity index (χ2n) is 6.11. The zero-order valence-electron chi connectivity index (χ0n) is 14.6. The van der Waals surface area contributed by atoms with Crippen LogP contribution in [0.25, 0.3) is 21.3 Å². The van der Waals surface area contributed by atoms with E-state index in [4.69, 9.17) is 5.14 Å². The Kier molecular flexibility index (Phi) is 4.94. The van der Waals surface area contributed by atoms with Crippen molar-refractivity contribution in [3.63, 3.8) is 0 Å². The van der Waals surface area contributed by atoms with Crippen molar-refractivity contribution in [1.82, 2.24) is 14.5 Å². The topological polar surface area (TPSA) is 90.9 Å². The number of sulfonamides is 1. The van der Waals surface area contributed by atoms with Crippen LogP contribution in [0.15, 0.2) is 52.5 Å². The molecule has 0 atom stereocenters. The lowest BCUT2D eigenvalue weighted by Gasteiger charge is -2.06. The lowest BCUT2D eigenvalue weighted by molar-refractivity contribution is 0.598. The van der Waals surface area contributed by atoms with E-state index in [1.165, 1.54) is 10.8 Å². The van der Waals surface area contributed by atoms with Crippen LogP contribution in [0, 0.1) is 0 Å². The summed E-state index contributed by atoms with van der Waals surface area (Å²) in [6.45, 7) is 2.92. The maximum atomic E-state index is 11.6. The minimum absolute atomic E-state index is 0.0823. The van der Waals surface area contributed by atoms with Gasteiger partial charge in [0.2, 0.25) is 10.0 Å². The van der Waals surface area contributed by atoms with Crippen molar-refractivity contribution in [3.05, 3.63) is 47.5 Å². The number of rotatable bonds is 6. The molecule has 2 N–H and O–H groups in total. The number of imidazole rings is 1. The lowest BCUT2D eigenvalue weighted by atomic mass is 10.3. The molecule has 27 heavy (non-hydrogen) atoms. The van der Waals surface area contributed by atoms with Gasteiger partial charge in [0.1, 0.15) is 5.01 Å². The molecule has 140 valence electrons. The summed E-state index contributed by atoms with van der Waals surface area (Å²) in [4.78, 5) is 9.41. The van der Waals surface area contributed by atoms with Crippen molar-refractivity contribution < 1.29 is 8.42 Å². The minimum atomic E-state index is -3.74. The average Bonchev–Trinajstić information content (AvgIpc) is 3.20. The van der Waals surface area contributed by atoms with E-state index in [1.807, 2.05) is 18.2 Å². The second-order valence-corrected chi connectivity index (χ2v) is 9.72. The van der Waals surface area contributed by atoms with E-state index >= 15 is 0 Å². The number of para-hydroxylation sites is 1. The smallest absolute Gasteiger partial charge is 0.238 e. The average molecular weight is 419 g/mol. The predicted octanol–water partition coefficient (Wildman–Crippen LogP) is 4.00. The zero-order chi connectivity index (χ0) is 19.0. The standard InChI is InChI=1S/C18H18N4O2S3/c1-2-9-22-15-8-7-12(27(19,23)24)10-14(15)21-18(22)25-11-17-20-13-5-3-4-6-16(13)26-17/h3-8,10H,2,9,11H2,1H3,(H2,19,23,24). The fourth-order valence-corrected chi connectivity index (χ4v) is 5.46. The number of nitrogens with two attached hydrogens (primary N) is 1. The van der Waals surface area contributed by atoms with Gasteiger partial charge in [0.05, 0.1) is 31.9 Å². The molecule has 9 heteroatoms. The summed E-state index contributed by atoms with van der Waals surface area (Å²) in [5.74, 6) is 0.717. The molecule has 4 rings (SSSR count). The number of benzene rings is 2. The maximum absolute atomic E-state index is 11.6. The van der Waals surface area contributed by atoms with E-state index in [1.54, 1.807) is 35.2 Å². The summed E-state index contributed by atoms with van der Waals surface area (Å²) in [5.41, 5.74) is 2.57. The third-order valence-corrected chi connectivity index (χ3v) is 7.24. The number of aryl methyl sites for hydroxylation is 1. The van der Waals surface area contributed by atoms with E-state index in [-0.39, 0.29) is 4.90 Å². The molecule has 0 aliphatic carbocycles. The van der Waals surface area contributed by atoms with E-state index in [0.717, 1.165) is 34.2 Å². The third-order valence-electron chi connectivity index (χ3n) is 4.12. The highest BCUT2D eigenvalue weighted by Crippen LogP contribution is 2.31. The quantitative estimate of drug-likeness (QED) is 0.478. The van der Waals surface area contributed by atoms with Crippen molar-refractivity contribution in [2.45, 2.75) is 35.7 Å². The first-order valence-corrected chi connectivity index (χ1v) is 11.8. The monoisotopic (exact) mass is 418 g/mol. The number of aromatic nitrogens is 3. The van der Waals surface area contributed by atoms with E-state index in [2.05, 4.69) is 27.5 Å². The molecule has 0 unspecified atom stereocenters. The molecule has 0 radical (unpaired) electrons. The van der Waals surface area contributed by atoms with Gasteiger partial charge in [-0.25, -0.2) is 23.5 Å². The van der Waals surface area contributed by atoms with Gasteiger partial charge in [0, 0.05) is 6.54 Å². The molecule has 0 spiro atoms. The van der Waals surface area contributed by atoms with Gasteiger partial charge in [-0.2, -0.15) is 0 Å². The van der Waals surface area contributed by atoms with Crippen molar-refractivity contribution in [3.8, 4) is 0 Å². The Bertz CT molecular complexity index is 1200. The molecule has 0 saturated carbocycles. The van der Waals surface area contributed by atoms with Crippen LogP contribution in [0.1, 0.15) is 18.4 Å². The Morgan fingerprint density at radius 3 is 2.70 bits per heavy atom. The molecular weight excluding hydrogens is 400 g/mol. The fourth-order valence-electron chi connectivity index (χ4n) is 2.92. The van der Waals surface area contributed by atoms with Crippen LogP contribution in [-0.2, 0) is 22.3 Å². The molecule has 2 aromatic carbocycles. The number of nitrogens with zero attached hydrogens (tertiary/aromatic N) is 3. The summed E-state index contributed by atoms with van der Waals surface area (Å²) in [6, 6.07) is 12.9.